The van der Waals surface area contributed by atoms with Crippen LogP contribution in [0.2, 0.25) is 15.1 Å². The van der Waals surface area contributed by atoms with Crippen LogP contribution in [0.15, 0.2) is 42.5 Å². The molecule has 0 spiro atoms. The van der Waals surface area contributed by atoms with E-state index in [2.05, 4.69) is 0 Å². The monoisotopic (exact) mass is 327 g/mol. The van der Waals surface area contributed by atoms with Crippen LogP contribution in [0, 0.1) is 5.92 Å². The van der Waals surface area contributed by atoms with Gasteiger partial charge in [0.2, 0.25) is 0 Å². The molecule has 1 atom stereocenters. The van der Waals surface area contributed by atoms with Crippen molar-refractivity contribution in [1.29, 1.82) is 0 Å². The highest BCUT2D eigenvalue weighted by atomic mass is 35.5. The van der Waals surface area contributed by atoms with Gasteiger partial charge in [0, 0.05) is 15.1 Å². The summed E-state index contributed by atoms with van der Waals surface area (Å²) in [6.07, 6.45) is 1.72. The van der Waals surface area contributed by atoms with E-state index in [9.17, 15) is 0 Å². The molecule has 20 heavy (non-hydrogen) atoms. The molecule has 0 radical (unpaired) electrons. The number of hydrogen-bond acceptors (Lipinski definition) is 1. The Morgan fingerprint density at radius 1 is 0.850 bits per heavy atom. The summed E-state index contributed by atoms with van der Waals surface area (Å²) in [5.41, 5.74) is 8.15. The average molecular weight is 329 g/mol. The largest absolute Gasteiger partial charge is 0.330 e. The molecule has 4 heteroatoms. The smallest absolute Gasteiger partial charge is 0.0439 e. The van der Waals surface area contributed by atoms with E-state index >= 15 is 0 Å². The van der Waals surface area contributed by atoms with Crippen LogP contribution < -0.4 is 5.73 Å². The Morgan fingerprint density at radius 3 is 2.15 bits per heavy atom. The number of benzene rings is 2. The van der Waals surface area contributed by atoms with Crippen LogP contribution in [0.4, 0.5) is 0 Å². The first-order valence-electron chi connectivity index (χ1n) is 6.47. The van der Waals surface area contributed by atoms with Gasteiger partial charge in [0.05, 0.1) is 0 Å². The summed E-state index contributed by atoms with van der Waals surface area (Å²) in [6.45, 7) is 0.603. The molecular formula is C16H16Cl3N. The molecule has 0 amide bonds. The summed E-state index contributed by atoms with van der Waals surface area (Å²) in [5.74, 6) is 0.326. The molecule has 0 heterocycles. The maximum Gasteiger partial charge on any atom is 0.0439 e. The molecule has 2 aromatic rings. The highest BCUT2D eigenvalue weighted by Gasteiger charge is 2.12. The highest BCUT2D eigenvalue weighted by Crippen LogP contribution is 2.24. The standard InChI is InChI=1S/C16H16Cl3N/c17-14-3-1-11(2-4-14)7-12(10-20)8-13-9-15(18)5-6-16(13)19/h1-6,9,12H,7-8,10,20H2. The minimum Gasteiger partial charge on any atom is -0.330 e. The molecule has 0 aromatic heterocycles. The van der Waals surface area contributed by atoms with Gasteiger partial charge in [-0.3, -0.25) is 0 Å². The van der Waals surface area contributed by atoms with E-state index in [1.54, 1.807) is 6.07 Å². The van der Waals surface area contributed by atoms with Crippen LogP contribution in [0.5, 0.6) is 0 Å². The Labute approximate surface area is 134 Å². The van der Waals surface area contributed by atoms with Gasteiger partial charge < -0.3 is 5.73 Å². The third-order valence-electron chi connectivity index (χ3n) is 3.29. The molecule has 2 N–H and O–H groups in total. The first kappa shape index (κ1) is 15.7. The van der Waals surface area contributed by atoms with Crippen molar-refractivity contribution in [3.63, 3.8) is 0 Å². The van der Waals surface area contributed by atoms with Gasteiger partial charge >= 0.3 is 0 Å². The molecule has 2 rings (SSSR count). The van der Waals surface area contributed by atoms with Crippen LogP contribution in [-0.2, 0) is 12.8 Å². The second kappa shape index (κ2) is 7.33. The van der Waals surface area contributed by atoms with Gasteiger partial charge in [-0.15, -0.1) is 0 Å². The lowest BCUT2D eigenvalue weighted by Gasteiger charge is -2.16. The molecule has 106 valence electrons. The number of nitrogens with two attached hydrogens (primary N) is 1. The van der Waals surface area contributed by atoms with Crippen molar-refractivity contribution in [1.82, 2.24) is 0 Å². The lowest BCUT2D eigenvalue weighted by molar-refractivity contribution is 0.533. The summed E-state index contributed by atoms with van der Waals surface area (Å²) < 4.78 is 0. The number of halogens is 3. The number of rotatable bonds is 5. The Morgan fingerprint density at radius 2 is 1.50 bits per heavy atom. The molecule has 0 aliphatic heterocycles. The molecule has 0 fully saturated rings. The molecule has 1 nitrogen and oxygen atoms in total. The molecule has 0 bridgehead atoms. The zero-order valence-corrected chi connectivity index (χ0v) is 13.2. The quantitative estimate of drug-likeness (QED) is 0.820. The van der Waals surface area contributed by atoms with Crippen molar-refractivity contribution in [3.05, 3.63) is 68.7 Å². The fourth-order valence-corrected chi connectivity index (χ4v) is 2.72. The molecule has 0 aliphatic carbocycles. The van der Waals surface area contributed by atoms with Gasteiger partial charge in [-0.25, -0.2) is 0 Å². The SMILES string of the molecule is NCC(Cc1ccc(Cl)cc1)Cc1cc(Cl)ccc1Cl. The Kier molecular flexibility index (Phi) is 5.74. The van der Waals surface area contributed by atoms with Gasteiger partial charge in [-0.1, -0.05) is 46.9 Å². The highest BCUT2D eigenvalue weighted by molar-refractivity contribution is 6.33. The maximum absolute atomic E-state index is 6.20. The molecule has 0 saturated carbocycles. The van der Waals surface area contributed by atoms with Gasteiger partial charge in [0.1, 0.15) is 0 Å². The zero-order chi connectivity index (χ0) is 14.5. The fraction of sp³-hybridized carbons (Fsp3) is 0.250. The van der Waals surface area contributed by atoms with Crippen LogP contribution in [0.1, 0.15) is 11.1 Å². The molecular weight excluding hydrogens is 313 g/mol. The molecule has 0 aliphatic rings. The van der Waals surface area contributed by atoms with Gasteiger partial charge in [-0.05, 0) is 66.8 Å². The van der Waals surface area contributed by atoms with E-state index in [1.807, 2.05) is 36.4 Å². The predicted octanol–water partition coefficient (Wildman–Crippen LogP) is 5.01. The average Bonchev–Trinajstić information content (AvgIpc) is 2.44. The summed E-state index contributed by atoms with van der Waals surface area (Å²) >= 11 is 18.1. The van der Waals surface area contributed by atoms with Crippen LogP contribution in [-0.4, -0.2) is 6.54 Å². The summed E-state index contributed by atoms with van der Waals surface area (Å²) in [4.78, 5) is 0. The zero-order valence-electron chi connectivity index (χ0n) is 11.0. The molecule has 1 unspecified atom stereocenters. The number of hydrogen-bond donors (Lipinski definition) is 1. The second-order valence-electron chi connectivity index (χ2n) is 4.87. The van der Waals surface area contributed by atoms with Crippen LogP contribution in [0.3, 0.4) is 0 Å². The lowest BCUT2D eigenvalue weighted by Crippen LogP contribution is -2.19. The van der Waals surface area contributed by atoms with E-state index in [-0.39, 0.29) is 0 Å². The van der Waals surface area contributed by atoms with E-state index in [0.717, 1.165) is 28.5 Å². The van der Waals surface area contributed by atoms with Crippen molar-refractivity contribution in [2.24, 2.45) is 11.7 Å². The first-order valence-corrected chi connectivity index (χ1v) is 7.60. The van der Waals surface area contributed by atoms with E-state index in [1.165, 1.54) is 5.56 Å². The van der Waals surface area contributed by atoms with E-state index < -0.39 is 0 Å². The topological polar surface area (TPSA) is 26.0 Å². The van der Waals surface area contributed by atoms with E-state index in [0.29, 0.717) is 17.5 Å². The van der Waals surface area contributed by atoms with Crippen molar-refractivity contribution >= 4 is 34.8 Å². The van der Waals surface area contributed by atoms with Crippen LogP contribution in [0.25, 0.3) is 0 Å². The van der Waals surface area contributed by atoms with Crippen molar-refractivity contribution in [3.8, 4) is 0 Å². The maximum atomic E-state index is 6.20. The van der Waals surface area contributed by atoms with Gasteiger partial charge in [0.15, 0.2) is 0 Å². The Bertz CT molecular complexity index is 566. The summed E-state index contributed by atoms with van der Waals surface area (Å²) in [7, 11) is 0. The van der Waals surface area contributed by atoms with E-state index in [4.69, 9.17) is 40.5 Å². The third kappa shape index (κ3) is 4.39. The van der Waals surface area contributed by atoms with Gasteiger partial charge in [0.25, 0.3) is 0 Å². The third-order valence-corrected chi connectivity index (χ3v) is 4.14. The van der Waals surface area contributed by atoms with Crippen LogP contribution >= 0.6 is 34.8 Å². The molecule has 0 saturated heterocycles. The van der Waals surface area contributed by atoms with Crippen molar-refractivity contribution in [2.75, 3.05) is 6.54 Å². The Hall–Kier alpha value is -0.730. The lowest BCUT2D eigenvalue weighted by atomic mass is 9.92. The minimum absolute atomic E-state index is 0.326. The van der Waals surface area contributed by atoms with Crippen molar-refractivity contribution < 1.29 is 0 Å². The minimum atomic E-state index is 0.326. The summed E-state index contributed by atoms with van der Waals surface area (Å²) in [5, 5.41) is 2.19. The predicted molar refractivity (Wildman–Crippen MR) is 87.9 cm³/mol. The first-order chi connectivity index (χ1) is 9.58. The normalized spacial score (nSPS) is 12.4. The van der Waals surface area contributed by atoms with Gasteiger partial charge in [-0.2, -0.15) is 0 Å². The molecule has 2 aromatic carbocycles. The van der Waals surface area contributed by atoms with Crippen molar-refractivity contribution in [2.45, 2.75) is 12.8 Å². The Balaban J connectivity index is 2.08. The fourth-order valence-electron chi connectivity index (χ4n) is 2.20. The second-order valence-corrected chi connectivity index (χ2v) is 6.15. The summed E-state index contributed by atoms with van der Waals surface area (Å²) in [6, 6.07) is 13.4.